The van der Waals surface area contributed by atoms with Crippen molar-refractivity contribution in [3.05, 3.63) is 34.3 Å². The summed E-state index contributed by atoms with van der Waals surface area (Å²) in [6, 6.07) is 4.97. The van der Waals surface area contributed by atoms with Gasteiger partial charge in [-0.2, -0.15) is 0 Å². The van der Waals surface area contributed by atoms with Gasteiger partial charge in [-0.25, -0.2) is 0 Å². The maximum absolute atomic E-state index is 11.5. The van der Waals surface area contributed by atoms with E-state index in [1.54, 1.807) is 18.2 Å². The molecule has 0 aromatic heterocycles. The van der Waals surface area contributed by atoms with E-state index in [-0.39, 0.29) is 5.92 Å². The molecule has 0 bridgehead atoms. The highest BCUT2D eigenvalue weighted by molar-refractivity contribution is 6.31. The minimum Gasteiger partial charge on any atom is -0.480 e. The predicted molar refractivity (Wildman–Crippen MR) is 65.5 cm³/mol. The van der Waals surface area contributed by atoms with Gasteiger partial charge in [-0.15, -0.1) is 0 Å². The maximum Gasteiger partial charge on any atom is 0.322 e. The number of rotatable bonds is 4. The summed E-state index contributed by atoms with van der Waals surface area (Å²) in [4.78, 5) is 21.9. The number of carbonyl (C=O) groups is 2. The first-order valence-electron chi connectivity index (χ1n) is 5.21. The number of amides is 1. The molecule has 92 valence electrons. The van der Waals surface area contributed by atoms with Crippen LogP contribution in [-0.4, -0.2) is 23.5 Å². The fourth-order valence-corrected chi connectivity index (χ4v) is 1.79. The van der Waals surface area contributed by atoms with Crippen LogP contribution in [0.15, 0.2) is 18.2 Å². The Kier molecular flexibility index (Phi) is 4.52. The van der Waals surface area contributed by atoms with Crippen molar-refractivity contribution in [2.75, 3.05) is 6.54 Å². The number of hydrogen-bond acceptors (Lipinski definition) is 2. The molecule has 1 aromatic carbocycles. The van der Waals surface area contributed by atoms with Crippen molar-refractivity contribution in [1.82, 2.24) is 5.32 Å². The van der Waals surface area contributed by atoms with E-state index < -0.39 is 18.4 Å². The van der Waals surface area contributed by atoms with Crippen molar-refractivity contribution in [3.63, 3.8) is 0 Å². The third kappa shape index (κ3) is 3.75. The van der Waals surface area contributed by atoms with Crippen LogP contribution in [0, 0.1) is 0 Å². The molecule has 5 heteroatoms. The molecular formula is C12H14ClNO3. The Morgan fingerprint density at radius 2 is 2.06 bits per heavy atom. The largest absolute Gasteiger partial charge is 0.480 e. The first-order chi connectivity index (χ1) is 7.91. The molecule has 2 N–H and O–H groups in total. The van der Waals surface area contributed by atoms with Crippen LogP contribution in [0.2, 0.25) is 5.02 Å². The highest BCUT2D eigenvalue weighted by Gasteiger charge is 2.11. The number of nitrogens with one attached hydrogen (secondary N) is 1. The molecule has 0 aliphatic rings. The average molecular weight is 256 g/mol. The van der Waals surface area contributed by atoms with E-state index in [9.17, 15) is 9.59 Å². The molecule has 17 heavy (non-hydrogen) atoms. The summed E-state index contributed by atoms with van der Waals surface area (Å²) in [5.41, 5.74) is 1.32. The van der Waals surface area contributed by atoms with Crippen LogP contribution in [0.5, 0.6) is 0 Å². The zero-order chi connectivity index (χ0) is 13.0. The third-order valence-electron chi connectivity index (χ3n) is 2.28. The summed E-state index contributed by atoms with van der Waals surface area (Å²) in [5.74, 6) is -1.24. The van der Waals surface area contributed by atoms with Gasteiger partial charge >= 0.3 is 5.97 Å². The fraction of sp³-hybridized carbons (Fsp3) is 0.333. The molecule has 0 unspecified atom stereocenters. The van der Waals surface area contributed by atoms with Crippen LogP contribution in [0.3, 0.4) is 0 Å². The first-order valence-corrected chi connectivity index (χ1v) is 5.59. The van der Waals surface area contributed by atoms with E-state index >= 15 is 0 Å². The molecule has 0 atom stereocenters. The molecule has 1 aromatic rings. The Labute approximate surface area is 105 Å². The Hall–Kier alpha value is -1.55. The molecule has 0 fully saturated rings. The summed E-state index contributed by atoms with van der Waals surface area (Å²) in [6.45, 7) is 3.61. The van der Waals surface area contributed by atoms with Crippen molar-refractivity contribution in [2.24, 2.45) is 0 Å². The monoisotopic (exact) mass is 255 g/mol. The lowest BCUT2D eigenvalue weighted by Crippen LogP contribution is -2.29. The summed E-state index contributed by atoms with van der Waals surface area (Å²) in [6.07, 6.45) is 0. The van der Waals surface area contributed by atoms with Gasteiger partial charge in [0.2, 0.25) is 0 Å². The molecular weight excluding hydrogens is 242 g/mol. The van der Waals surface area contributed by atoms with Gasteiger partial charge in [-0.1, -0.05) is 31.5 Å². The third-order valence-corrected chi connectivity index (χ3v) is 2.61. The predicted octanol–water partition coefficient (Wildman–Crippen LogP) is 2.28. The van der Waals surface area contributed by atoms with Crippen LogP contribution >= 0.6 is 11.6 Å². The van der Waals surface area contributed by atoms with Gasteiger partial charge < -0.3 is 10.4 Å². The van der Waals surface area contributed by atoms with Crippen molar-refractivity contribution >= 4 is 23.5 Å². The Morgan fingerprint density at radius 3 is 2.53 bits per heavy atom. The Bertz CT molecular complexity index is 443. The Balaban J connectivity index is 2.83. The number of aliphatic carboxylic acids is 1. The van der Waals surface area contributed by atoms with Crippen LogP contribution in [-0.2, 0) is 4.79 Å². The lowest BCUT2D eigenvalue weighted by Gasteiger charge is -2.09. The van der Waals surface area contributed by atoms with Gasteiger partial charge in [0.25, 0.3) is 5.91 Å². The van der Waals surface area contributed by atoms with E-state index in [0.29, 0.717) is 10.6 Å². The number of halogens is 1. The molecule has 0 radical (unpaired) electrons. The lowest BCUT2D eigenvalue weighted by atomic mass is 10.0. The van der Waals surface area contributed by atoms with Crippen LogP contribution in [0.4, 0.5) is 0 Å². The first kappa shape index (κ1) is 13.5. The second kappa shape index (κ2) is 5.68. The molecule has 0 heterocycles. The second-order valence-electron chi connectivity index (χ2n) is 3.97. The summed E-state index contributed by atoms with van der Waals surface area (Å²) >= 11 is 6.03. The van der Waals surface area contributed by atoms with Crippen LogP contribution in [0.1, 0.15) is 35.7 Å². The number of hydrogen-bond donors (Lipinski definition) is 2. The average Bonchev–Trinajstić information content (AvgIpc) is 2.25. The molecule has 0 saturated heterocycles. The van der Waals surface area contributed by atoms with E-state index in [0.717, 1.165) is 5.56 Å². The van der Waals surface area contributed by atoms with Crippen molar-refractivity contribution < 1.29 is 14.7 Å². The zero-order valence-corrected chi connectivity index (χ0v) is 10.4. The minimum absolute atomic E-state index is 0.277. The van der Waals surface area contributed by atoms with Gasteiger partial charge in [0, 0.05) is 10.6 Å². The van der Waals surface area contributed by atoms with E-state index in [4.69, 9.17) is 16.7 Å². The highest BCUT2D eigenvalue weighted by atomic mass is 35.5. The number of carboxylic acids is 1. The summed E-state index contributed by atoms with van der Waals surface area (Å²) < 4.78 is 0. The van der Waals surface area contributed by atoms with Crippen molar-refractivity contribution in [2.45, 2.75) is 19.8 Å². The van der Waals surface area contributed by atoms with Crippen LogP contribution < -0.4 is 5.32 Å². The molecule has 4 nitrogen and oxygen atoms in total. The maximum atomic E-state index is 11.5. The molecule has 0 saturated carbocycles. The van der Waals surface area contributed by atoms with E-state index in [1.807, 2.05) is 13.8 Å². The van der Waals surface area contributed by atoms with Crippen molar-refractivity contribution in [1.29, 1.82) is 0 Å². The molecule has 0 spiro atoms. The molecule has 0 aliphatic heterocycles. The summed E-state index contributed by atoms with van der Waals surface area (Å²) in [5, 5.41) is 11.2. The highest BCUT2D eigenvalue weighted by Crippen LogP contribution is 2.24. The number of carbonyl (C=O) groups excluding carboxylic acids is 1. The van der Waals surface area contributed by atoms with Gasteiger partial charge in [-0.05, 0) is 23.6 Å². The second-order valence-corrected chi connectivity index (χ2v) is 4.37. The van der Waals surface area contributed by atoms with E-state index in [1.165, 1.54) is 0 Å². The van der Waals surface area contributed by atoms with E-state index in [2.05, 4.69) is 5.32 Å². The lowest BCUT2D eigenvalue weighted by molar-refractivity contribution is -0.135. The molecule has 1 amide bonds. The zero-order valence-electron chi connectivity index (χ0n) is 9.66. The van der Waals surface area contributed by atoms with Gasteiger partial charge in [0.1, 0.15) is 6.54 Å². The molecule has 1 rings (SSSR count). The minimum atomic E-state index is -1.08. The smallest absolute Gasteiger partial charge is 0.322 e. The SMILES string of the molecule is CC(C)c1ccc(C(=O)NCC(=O)O)cc1Cl. The summed E-state index contributed by atoms with van der Waals surface area (Å²) in [7, 11) is 0. The normalized spacial score (nSPS) is 10.4. The standard InChI is InChI=1S/C12H14ClNO3/c1-7(2)9-4-3-8(5-10(9)13)12(17)14-6-11(15)16/h3-5,7H,6H2,1-2H3,(H,14,17)(H,15,16). The molecule has 0 aliphatic carbocycles. The van der Waals surface area contributed by atoms with Gasteiger partial charge in [0.05, 0.1) is 0 Å². The topological polar surface area (TPSA) is 66.4 Å². The van der Waals surface area contributed by atoms with Crippen LogP contribution in [0.25, 0.3) is 0 Å². The number of benzene rings is 1. The Morgan fingerprint density at radius 1 is 1.41 bits per heavy atom. The van der Waals surface area contributed by atoms with Crippen molar-refractivity contribution in [3.8, 4) is 0 Å². The van der Waals surface area contributed by atoms with Gasteiger partial charge in [0.15, 0.2) is 0 Å². The quantitative estimate of drug-likeness (QED) is 0.867. The van der Waals surface area contributed by atoms with Gasteiger partial charge in [-0.3, -0.25) is 9.59 Å². The fourth-order valence-electron chi connectivity index (χ4n) is 1.39. The number of carboxylic acid groups (broad SMARTS) is 1.